The summed E-state index contributed by atoms with van der Waals surface area (Å²) in [6.45, 7) is 1.89. The van der Waals surface area contributed by atoms with Crippen LogP contribution in [0.3, 0.4) is 0 Å². The lowest BCUT2D eigenvalue weighted by Crippen LogP contribution is -1.87. The van der Waals surface area contributed by atoms with E-state index in [2.05, 4.69) is 21.8 Å². The summed E-state index contributed by atoms with van der Waals surface area (Å²) in [4.78, 5) is 8.13. The molecular formula is C9H9ClN2. The third-order valence-electron chi connectivity index (χ3n) is 1.19. The van der Waals surface area contributed by atoms with Crippen molar-refractivity contribution in [2.45, 2.75) is 13.3 Å². The summed E-state index contributed by atoms with van der Waals surface area (Å²) in [6, 6.07) is 0. The van der Waals surface area contributed by atoms with Crippen molar-refractivity contribution in [1.29, 1.82) is 0 Å². The molecule has 0 radical (unpaired) electrons. The van der Waals surface area contributed by atoms with Crippen molar-refractivity contribution in [3.05, 3.63) is 23.8 Å². The van der Waals surface area contributed by atoms with Crippen LogP contribution in [0.15, 0.2) is 12.4 Å². The van der Waals surface area contributed by atoms with E-state index < -0.39 is 0 Å². The molecule has 0 N–H and O–H groups in total. The molecule has 0 saturated carbocycles. The summed E-state index contributed by atoms with van der Waals surface area (Å²) in [7, 11) is 0. The minimum Gasteiger partial charge on any atom is -0.260 e. The molecule has 0 atom stereocenters. The average Bonchev–Trinajstić information content (AvgIpc) is 2.05. The van der Waals surface area contributed by atoms with Crippen LogP contribution < -0.4 is 0 Å². The van der Waals surface area contributed by atoms with E-state index in [1.54, 1.807) is 12.4 Å². The van der Waals surface area contributed by atoms with Gasteiger partial charge in [0.05, 0.1) is 11.9 Å². The van der Waals surface area contributed by atoms with Gasteiger partial charge in [0, 0.05) is 18.5 Å². The van der Waals surface area contributed by atoms with Gasteiger partial charge < -0.3 is 0 Å². The molecule has 0 aliphatic rings. The van der Waals surface area contributed by atoms with Crippen molar-refractivity contribution in [2.75, 3.05) is 5.88 Å². The molecule has 0 saturated heterocycles. The molecule has 2 nitrogen and oxygen atoms in total. The fourth-order valence-corrected chi connectivity index (χ4v) is 0.818. The topological polar surface area (TPSA) is 25.8 Å². The monoisotopic (exact) mass is 180 g/mol. The van der Waals surface area contributed by atoms with E-state index >= 15 is 0 Å². The standard InChI is InChI=1S/C9H9ClN2/c1-8-6-11-7-9(12-8)4-2-3-5-10/h6-7H,3,5H2,1H3. The van der Waals surface area contributed by atoms with Crippen molar-refractivity contribution in [3.63, 3.8) is 0 Å². The maximum atomic E-state index is 5.46. The molecule has 0 unspecified atom stereocenters. The Labute approximate surface area is 77.0 Å². The maximum absolute atomic E-state index is 5.46. The van der Waals surface area contributed by atoms with Crippen molar-refractivity contribution in [2.24, 2.45) is 0 Å². The van der Waals surface area contributed by atoms with E-state index in [9.17, 15) is 0 Å². The molecule has 3 heteroatoms. The molecule has 12 heavy (non-hydrogen) atoms. The Hall–Kier alpha value is -1.07. The molecule has 0 bridgehead atoms. The van der Waals surface area contributed by atoms with E-state index in [0.717, 1.165) is 5.69 Å². The van der Waals surface area contributed by atoms with Crippen molar-refractivity contribution < 1.29 is 0 Å². The summed E-state index contributed by atoms with van der Waals surface area (Å²) in [5.41, 5.74) is 1.59. The van der Waals surface area contributed by atoms with Gasteiger partial charge in [-0.15, -0.1) is 11.6 Å². The van der Waals surface area contributed by atoms with Crippen LogP contribution in [0.5, 0.6) is 0 Å². The highest BCUT2D eigenvalue weighted by molar-refractivity contribution is 6.18. The first-order valence-electron chi connectivity index (χ1n) is 3.66. The van der Waals surface area contributed by atoms with Crippen LogP contribution in [0.2, 0.25) is 0 Å². The molecular weight excluding hydrogens is 172 g/mol. The highest BCUT2D eigenvalue weighted by Crippen LogP contribution is 1.92. The smallest absolute Gasteiger partial charge is 0.131 e. The van der Waals surface area contributed by atoms with Crippen LogP contribution in [0.4, 0.5) is 0 Å². The Kier molecular flexibility index (Phi) is 3.56. The van der Waals surface area contributed by atoms with Gasteiger partial charge in [-0.05, 0) is 12.8 Å². The number of alkyl halides is 1. The van der Waals surface area contributed by atoms with Gasteiger partial charge in [-0.25, -0.2) is 4.98 Å². The third-order valence-corrected chi connectivity index (χ3v) is 1.38. The summed E-state index contributed by atoms with van der Waals surface area (Å²) >= 11 is 5.46. The zero-order valence-corrected chi connectivity index (χ0v) is 7.60. The Bertz CT molecular complexity index is 312. The number of hydrogen-bond donors (Lipinski definition) is 0. The number of hydrogen-bond acceptors (Lipinski definition) is 2. The Morgan fingerprint density at radius 3 is 3.00 bits per heavy atom. The second-order valence-corrected chi connectivity index (χ2v) is 2.66. The molecule has 0 aliphatic carbocycles. The zero-order valence-electron chi connectivity index (χ0n) is 6.84. The highest BCUT2D eigenvalue weighted by atomic mass is 35.5. The minimum atomic E-state index is 0.562. The van der Waals surface area contributed by atoms with Gasteiger partial charge in [0.2, 0.25) is 0 Å². The minimum absolute atomic E-state index is 0.562. The molecule has 1 aromatic rings. The molecule has 0 aromatic carbocycles. The number of aromatic nitrogens is 2. The second-order valence-electron chi connectivity index (χ2n) is 2.29. The Morgan fingerprint density at radius 1 is 1.50 bits per heavy atom. The summed E-state index contributed by atoms with van der Waals surface area (Å²) in [5.74, 6) is 6.33. The van der Waals surface area contributed by atoms with Crippen LogP contribution in [0.25, 0.3) is 0 Å². The van der Waals surface area contributed by atoms with E-state index in [0.29, 0.717) is 18.0 Å². The quantitative estimate of drug-likeness (QED) is 0.486. The SMILES string of the molecule is Cc1cncc(C#CCCCl)n1. The van der Waals surface area contributed by atoms with E-state index in [-0.39, 0.29) is 0 Å². The average molecular weight is 181 g/mol. The van der Waals surface area contributed by atoms with E-state index in [4.69, 9.17) is 11.6 Å². The molecule has 1 heterocycles. The molecule has 0 spiro atoms. The number of aryl methyl sites for hydroxylation is 1. The fraction of sp³-hybridized carbons (Fsp3) is 0.333. The summed E-state index contributed by atoms with van der Waals surface area (Å²) < 4.78 is 0. The lowest BCUT2D eigenvalue weighted by Gasteiger charge is -1.90. The van der Waals surface area contributed by atoms with Gasteiger partial charge in [0.15, 0.2) is 0 Å². The first-order chi connectivity index (χ1) is 5.83. The fourth-order valence-electron chi connectivity index (χ4n) is 0.724. The van der Waals surface area contributed by atoms with Gasteiger partial charge in [0.25, 0.3) is 0 Å². The third kappa shape index (κ3) is 2.89. The van der Waals surface area contributed by atoms with Crippen molar-refractivity contribution in [3.8, 4) is 11.8 Å². The molecule has 1 aromatic heterocycles. The Morgan fingerprint density at radius 2 is 2.33 bits per heavy atom. The summed E-state index contributed by atoms with van der Waals surface area (Å²) in [5, 5.41) is 0. The highest BCUT2D eigenvalue weighted by Gasteiger charge is 1.88. The second kappa shape index (κ2) is 4.74. The number of rotatable bonds is 1. The first kappa shape index (κ1) is 9.02. The largest absolute Gasteiger partial charge is 0.260 e. The summed E-state index contributed by atoms with van der Waals surface area (Å²) in [6.07, 6.45) is 4.04. The number of nitrogens with zero attached hydrogens (tertiary/aromatic N) is 2. The van der Waals surface area contributed by atoms with Gasteiger partial charge >= 0.3 is 0 Å². The molecule has 1 rings (SSSR count). The van der Waals surface area contributed by atoms with Gasteiger partial charge in [-0.3, -0.25) is 4.98 Å². The number of halogens is 1. The van der Waals surface area contributed by atoms with Crippen molar-refractivity contribution >= 4 is 11.6 Å². The van der Waals surface area contributed by atoms with Crippen LogP contribution in [0, 0.1) is 18.8 Å². The lowest BCUT2D eigenvalue weighted by atomic mass is 10.4. The van der Waals surface area contributed by atoms with E-state index in [1.165, 1.54) is 0 Å². The van der Waals surface area contributed by atoms with Crippen LogP contribution >= 0.6 is 11.6 Å². The van der Waals surface area contributed by atoms with Crippen LogP contribution in [-0.4, -0.2) is 15.8 Å². The van der Waals surface area contributed by atoms with Crippen LogP contribution in [-0.2, 0) is 0 Å². The van der Waals surface area contributed by atoms with Gasteiger partial charge in [-0.1, -0.05) is 5.92 Å². The van der Waals surface area contributed by atoms with Gasteiger partial charge in [0.1, 0.15) is 5.69 Å². The van der Waals surface area contributed by atoms with Crippen molar-refractivity contribution in [1.82, 2.24) is 9.97 Å². The zero-order chi connectivity index (χ0) is 8.81. The predicted molar refractivity (Wildman–Crippen MR) is 49.0 cm³/mol. The molecule has 0 fully saturated rings. The first-order valence-corrected chi connectivity index (χ1v) is 4.20. The van der Waals surface area contributed by atoms with E-state index in [1.807, 2.05) is 6.92 Å². The predicted octanol–water partition coefficient (Wildman–Crippen LogP) is 1.77. The van der Waals surface area contributed by atoms with Gasteiger partial charge in [-0.2, -0.15) is 0 Å². The lowest BCUT2D eigenvalue weighted by molar-refractivity contribution is 1.09. The molecule has 0 amide bonds. The molecule has 62 valence electrons. The normalized spacial score (nSPS) is 8.83. The van der Waals surface area contributed by atoms with Crippen LogP contribution in [0.1, 0.15) is 17.8 Å². The Balaban J connectivity index is 2.71. The maximum Gasteiger partial charge on any atom is 0.131 e. The molecule has 0 aliphatic heterocycles.